The van der Waals surface area contributed by atoms with Crippen molar-refractivity contribution in [2.75, 3.05) is 10.2 Å². The molecule has 2 saturated heterocycles. The van der Waals surface area contributed by atoms with E-state index in [2.05, 4.69) is 15.8 Å². The van der Waals surface area contributed by atoms with Crippen molar-refractivity contribution in [3.05, 3.63) is 54.1 Å². The first kappa shape index (κ1) is 23.2. The number of aryl methyl sites for hydroxylation is 1. The Labute approximate surface area is 201 Å². The van der Waals surface area contributed by atoms with Crippen molar-refractivity contribution < 1.29 is 28.0 Å². The number of rotatable bonds is 4. The fourth-order valence-corrected chi connectivity index (χ4v) is 5.51. The van der Waals surface area contributed by atoms with Crippen molar-refractivity contribution >= 4 is 29.2 Å². The predicted molar refractivity (Wildman–Crippen MR) is 124 cm³/mol. The van der Waals surface area contributed by atoms with Crippen molar-refractivity contribution in [2.24, 2.45) is 11.8 Å². The highest BCUT2D eigenvalue weighted by molar-refractivity contribution is 6.11. The smallest absolute Gasteiger partial charge is 0.246 e. The largest absolute Gasteiger partial charge is 0.360 e. The summed E-state index contributed by atoms with van der Waals surface area (Å²) in [6.45, 7) is 8.88. The molecule has 2 aromatic rings. The lowest BCUT2D eigenvalue weighted by Gasteiger charge is -2.35. The van der Waals surface area contributed by atoms with Crippen LogP contribution in [0.15, 0.2) is 47.0 Å². The molecule has 35 heavy (non-hydrogen) atoms. The molecule has 184 valence electrons. The predicted octanol–water partition coefficient (Wildman–Crippen LogP) is 2.72. The summed E-state index contributed by atoms with van der Waals surface area (Å²) in [5.41, 5.74) is -2.93. The maximum Gasteiger partial charge on any atom is 0.246 e. The molecule has 1 aromatic heterocycles. The van der Waals surface area contributed by atoms with Gasteiger partial charge in [-0.1, -0.05) is 23.4 Å². The van der Waals surface area contributed by atoms with Gasteiger partial charge < -0.3 is 19.9 Å². The molecular weight excluding hydrogens is 455 g/mol. The van der Waals surface area contributed by atoms with Crippen molar-refractivity contribution in [2.45, 2.75) is 57.4 Å². The van der Waals surface area contributed by atoms with Crippen LogP contribution in [0.4, 0.5) is 15.9 Å². The van der Waals surface area contributed by atoms with Crippen LogP contribution in [-0.4, -0.2) is 45.7 Å². The molecule has 2 fully saturated rings. The number of ether oxygens (including phenoxy) is 1. The minimum Gasteiger partial charge on any atom is -0.360 e. The number of benzene rings is 1. The molecule has 0 saturated carbocycles. The van der Waals surface area contributed by atoms with Gasteiger partial charge >= 0.3 is 0 Å². The molecule has 5 rings (SSSR count). The third-order valence-electron chi connectivity index (χ3n) is 6.69. The summed E-state index contributed by atoms with van der Waals surface area (Å²) >= 11 is 0. The number of halogens is 1. The van der Waals surface area contributed by atoms with Crippen LogP contribution in [0.1, 0.15) is 33.5 Å². The van der Waals surface area contributed by atoms with E-state index in [-0.39, 0.29) is 11.5 Å². The highest BCUT2D eigenvalue weighted by atomic mass is 19.1. The third kappa shape index (κ3) is 3.54. The topological polar surface area (TPSA) is 114 Å². The number of carbonyl (C=O) groups excluding carboxylic acids is 3. The first-order chi connectivity index (χ1) is 16.3. The molecule has 0 unspecified atom stereocenters. The molecule has 2 bridgehead atoms. The van der Waals surface area contributed by atoms with Crippen molar-refractivity contribution in [1.82, 2.24) is 10.5 Å². The van der Waals surface area contributed by atoms with Crippen LogP contribution in [0.3, 0.4) is 0 Å². The average Bonchev–Trinajstić information content (AvgIpc) is 3.44. The Morgan fingerprint density at radius 3 is 2.54 bits per heavy atom. The van der Waals surface area contributed by atoms with Gasteiger partial charge in [0.1, 0.15) is 23.2 Å². The molecule has 10 heteroatoms. The van der Waals surface area contributed by atoms with E-state index in [9.17, 15) is 18.8 Å². The number of amides is 3. The molecule has 3 aliphatic heterocycles. The molecule has 1 aromatic carbocycles. The van der Waals surface area contributed by atoms with Gasteiger partial charge in [0.05, 0.1) is 17.4 Å². The molecule has 3 aliphatic rings. The SMILES string of the molecule is Cc1cc(NC(=O)[C@@H]2[C@H]3C(=O)N(c4cccc(F)c4)[C@H](C(=O)NC(C)(C)C)[C@@]34C=C[C@]2(C)O4)no1. The average molecular weight is 483 g/mol. The van der Waals surface area contributed by atoms with E-state index in [1.807, 2.05) is 20.8 Å². The Bertz CT molecular complexity index is 1270. The van der Waals surface area contributed by atoms with E-state index in [1.165, 1.54) is 23.1 Å². The molecule has 4 heterocycles. The van der Waals surface area contributed by atoms with Crippen LogP contribution in [0.25, 0.3) is 0 Å². The quantitative estimate of drug-likeness (QED) is 0.648. The summed E-state index contributed by atoms with van der Waals surface area (Å²) in [6, 6.07) is 5.89. The third-order valence-corrected chi connectivity index (χ3v) is 6.69. The summed E-state index contributed by atoms with van der Waals surface area (Å²) < 4.78 is 25.6. The van der Waals surface area contributed by atoms with Gasteiger partial charge in [0.25, 0.3) is 0 Å². The Kier molecular flexibility index (Phi) is 4.96. The second-order valence-corrected chi connectivity index (χ2v) is 10.6. The Morgan fingerprint density at radius 2 is 1.91 bits per heavy atom. The Morgan fingerprint density at radius 1 is 1.17 bits per heavy atom. The van der Waals surface area contributed by atoms with Crippen LogP contribution in [0.5, 0.6) is 0 Å². The lowest BCUT2D eigenvalue weighted by Crippen LogP contribution is -2.58. The van der Waals surface area contributed by atoms with Crippen LogP contribution in [0, 0.1) is 24.6 Å². The Balaban J connectivity index is 1.60. The number of nitrogens with zero attached hydrogens (tertiary/aromatic N) is 2. The van der Waals surface area contributed by atoms with Gasteiger partial charge in [-0.25, -0.2) is 4.39 Å². The molecule has 0 radical (unpaired) electrons. The number of nitrogens with one attached hydrogen (secondary N) is 2. The molecule has 0 aliphatic carbocycles. The minimum atomic E-state index is -1.41. The van der Waals surface area contributed by atoms with E-state index in [4.69, 9.17) is 9.26 Å². The molecule has 5 atom stereocenters. The number of carbonyl (C=O) groups is 3. The number of fused-ring (bicyclic) bond motifs is 1. The fraction of sp³-hybridized carbons (Fsp3) is 0.440. The standard InChI is InChI=1S/C25H27FN4O5/c1-13-11-16(29-34-13)27-20(31)17-18-22(33)30(15-8-6-7-14(26)12-15)19(21(32)28-23(2,3)4)25(18)10-9-24(17,5)35-25/h6-12,17-19H,1-5H3,(H,28,32)(H,27,29,31)/t17-,18-,19+,24-,25+/m0/s1. The molecule has 2 N–H and O–H groups in total. The molecule has 3 amide bonds. The van der Waals surface area contributed by atoms with E-state index < -0.39 is 58.2 Å². The van der Waals surface area contributed by atoms with Gasteiger partial charge in [0, 0.05) is 17.3 Å². The van der Waals surface area contributed by atoms with Crippen LogP contribution in [0.2, 0.25) is 0 Å². The second-order valence-electron chi connectivity index (χ2n) is 10.6. The maximum atomic E-state index is 14.2. The van der Waals surface area contributed by atoms with Gasteiger partial charge in [0.15, 0.2) is 5.82 Å². The monoisotopic (exact) mass is 482 g/mol. The molecule has 1 spiro atoms. The highest BCUT2D eigenvalue weighted by Gasteiger charge is 2.76. The summed E-state index contributed by atoms with van der Waals surface area (Å²) in [5.74, 6) is -3.23. The van der Waals surface area contributed by atoms with Gasteiger partial charge in [-0.2, -0.15) is 0 Å². The zero-order chi connectivity index (χ0) is 25.3. The van der Waals surface area contributed by atoms with Gasteiger partial charge in [0.2, 0.25) is 17.7 Å². The highest BCUT2D eigenvalue weighted by Crippen LogP contribution is 2.60. The van der Waals surface area contributed by atoms with Gasteiger partial charge in [-0.05, 0) is 52.8 Å². The zero-order valence-corrected chi connectivity index (χ0v) is 20.1. The zero-order valence-electron chi connectivity index (χ0n) is 20.1. The van der Waals surface area contributed by atoms with E-state index >= 15 is 0 Å². The maximum absolute atomic E-state index is 14.2. The summed E-state index contributed by atoms with van der Waals surface area (Å²) in [4.78, 5) is 42.3. The summed E-state index contributed by atoms with van der Waals surface area (Å²) in [7, 11) is 0. The van der Waals surface area contributed by atoms with Gasteiger partial charge in [-0.15, -0.1) is 0 Å². The normalized spacial score (nSPS) is 31.1. The van der Waals surface area contributed by atoms with Crippen molar-refractivity contribution in [1.29, 1.82) is 0 Å². The van der Waals surface area contributed by atoms with Crippen LogP contribution < -0.4 is 15.5 Å². The number of hydrogen-bond acceptors (Lipinski definition) is 6. The number of hydrogen-bond donors (Lipinski definition) is 2. The lowest BCUT2D eigenvalue weighted by molar-refractivity contribution is -0.131. The van der Waals surface area contributed by atoms with E-state index in [1.54, 1.807) is 38.1 Å². The fourth-order valence-electron chi connectivity index (χ4n) is 5.51. The van der Waals surface area contributed by atoms with Crippen LogP contribution >= 0.6 is 0 Å². The first-order valence-electron chi connectivity index (χ1n) is 11.4. The van der Waals surface area contributed by atoms with E-state index in [0.29, 0.717) is 5.76 Å². The molecule has 9 nitrogen and oxygen atoms in total. The lowest BCUT2D eigenvalue weighted by atomic mass is 9.70. The number of anilines is 2. The number of aromatic nitrogens is 1. The summed E-state index contributed by atoms with van der Waals surface area (Å²) in [5, 5.41) is 9.43. The Hall–Kier alpha value is -3.53. The minimum absolute atomic E-state index is 0.213. The van der Waals surface area contributed by atoms with E-state index in [0.717, 1.165) is 0 Å². The summed E-state index contributed by atoms with van der Waals surface area (Å²) in [6.07, 6.45) is 3.42. The molecular formula is C25H27FN4O5. The van der Waals surface area contributed by atoms with Crippen LogP contribution in [-0.2, 0) is 19.1 Å². The van der Waals surface area contributed by atoms with Crippen molar-refractivity contribution in [3.8, 4) is 0 Å². The van der Waals surface area contributed by atoms with Crippen molar-refractivity contribution in [3.63, 3.8) is 0 Å². The first-order valence-corrected chi connectivity index (χ1v) is 11.4. The second kappa shape index (κ2) is 7.48. The van der Waals surface area contributed by atoms with Gasteiger partial charge in [-0.3, -0.25) is 19.3 Å².